The molecule has 1 unspecified atom stereocenters. The molecular formula is C10H15N. The minimum Gasteiger partial charge on any atom is -0.399 e. The lowest BCUT2D eigenvalue weighted by atomic mass is 9.94. The highest BCUT2D eigenvalue weighted by Gasteiger charge is 2.07. The lowest BCUT2D eigenvalue weighted by molar-refractivity contribution is 0.709. The zero-order valence-corrected chi connectivity index (χ0v) is 7.17. The van der Waals surface area contributed by atoms with Gasteiger partial charge >= 0.3 is 0 Å². The van der Waals surface area contributed by atoms with Crippen molar-refractivity contribution in [2.24, 2.45) is 11.7 Å². The average Bonchev–Trinajstić information content (AvgIpc) is 1.98. The van der Waals surface area contributed by atoms with Gasteiger partial charge in [-0.05, 0) is 30.9 Å². The van der Waals surface area contributed by atoms with Crippen LogP contribution in [0.15, 0.2) is 35.6 Å². The third kappa shape index (κ3) is 1.97. The number of nitrogens with two attached hydrogens (primary N) is 1. The van der Waals surface area contributed by atoms with E-state index in [1.54, 1.807) is 0 Å². The molecule has 0 amide bonds. The number of rotatable bonds is 1. The van der Waals surface area contributed by atoms with E-state index in [1.807, 2.05) is 19.1 Å². The molecular weight excluding hydrogens is 134 g/mol. The molecule has 0 radical (unpaired) electrons. The fourth-order valence-corrected chi connectivity index (χ4v) is 1.27. The number of hydrogen-bond donors (Lipinski definition) is 1. The van der Waals surface area contributed by atoms with Crippen LogP contribution in [0.4, 0.5) is 0 Å². The molecule has 0 aromatic rings. The summed E-state index contributed by atoms with van der Waals surface area (Å²) in [5, 5.41) is 0. The number of hydrogen-bond acceptors (Lipinski definition) is 1. The molecule has 1 atom stereocenters. The van der Waals surface area contributed by atoms with Crippen molar-refractivity contribution in [1.29, 1.82) is 0 Å². The minimum atomic E-state index is 0.633. The molecule has 0 spiro atoms. The van der Waals surface area contributed by atoms with Crippen molar-refractivity contribution < 1.29 is 0 Å². The van der Waals surface area contributed by atoms with Gasteiger partial charge in [0, 0.05) is 5.70 Å². The van der Waals surface area contributed by atoms with Crippen LogP contribution >= 0.6 is 0 Å². The van der Waals surface area contributed by atoms with Gasteiger partial charge in [-0.25, -0.2) is 0 Å². The van der Waals surface area contributed by atoms with E-state index in [0.29, 0.717) is 5.92 Å². The summed E-state index contributed by atoms with van der Waals surface area (Å²) in [7, 11) is 0. The highest BCUT2D eigenvalue weighted by atomic mass is 14.6. The van der Waals surface area contributed by atoms with Crippen molar-refractivity contribution in [2.45, 2.75) is 20.3 Å². The van der Waals surface area contributed by atoms with Gasteiger partial charge in [-0.3, -0.25) is 0 Å². The Kier molecular flexibility index (Phi) is 2.53. The maximum Gasteiger partial charge on any atom is 0.0343 e. The van der Waals surface area contributed by atoms with Crippen molar-refractivity contribution in [2.75, 3.05) is 0 Å². The van der Waals surface area contributed by atoms with E-state index in [0.717, 1.165) is 12.1 Å². The van der Waals surface area contributed by atoms with Gasteiger partial charge in [0.1, 0.15) is 0 Å². The van der Waals surface area contributed by atoms with Gasteiger partial charge in [-0.2, -0.15) is 0 Å². The van der Waals surface area contributed by atoms with Crippen LogP contribution in [0.1, 0.15) is 20.3 Å². The molecule has 1 heteroatoms. The van der Waals surface area contributed by atoms with Crippen LogP contribution in [0, 0.1) is 5.92 Å². The lowest BCUT2D eigenvalue weighted by Crippen LogP contribution is -2.06. The van der Waals surface area contributed by atoms with E-state index in [-0.39, 0.29) is 0 Å². The fourth-order valence-electron chi connectivity index (χ4n) is 1.27. The maximum absolute atomic E-state index is 5.77. The molecule has 1 rings (SSSR count). The molecule has 2 N–H and O–H groups in total. The lowest BCUT2D eigenvalue weighted by Gasteiger charge is -2.14. The van der Waals surface area contributed by atoms with Crippen LogP contribution in [-0.2, 0) is 0 Å². The summed E-state index contributed by atoms with van der Waals surface area (Å²) in [4.78, 5) is 0. The van der Waals surface area contributed by atoms with Gasteiger partial charge in [0.25, 0.3) is 0 Å². The highest BCUT2D eigenvalue weighted by molar-refractivity contribution is 5.34. The van der Waals surface area contributed by atoms with Gasteiger partial charge in [0.15, 0.2) is 0 Å². The number of allylic oxidation sites excluding steroid dienone is 5. The van der Waals surface area contributed by atoms with Crippen LogP contribution in [-0.4, -0.2) is 0 Å². The Morgan fingerprint density at radius 3 is 3.00 bits per heavy atom. The summed E-state index contributed by atoms with van der Waals surface area (Å²) in [6.45, 7) is 4.22. The molecule has 1 nitrogen and oxygen atoms in total. The summed E-state index contributed by atoms with van der Waals surface area (Å²) in [5.74, 6) is 0.633. The highest BCUT2D eigenvalue weighted by Crippen LogP contribution is 2.21. The van der Waals surface area contributed by atoms with Gasteiger partial charge in [0.05, 0.1) is 0 Å². The molecule has 0 aliphatic heterocycles. The second-order valence-electron chi connectivity index (χ2n) is 3.02. The summed E-state index contributed by atoms with van der Waals surface area (Å²) in [5.41, 5.74) is 7.95. The van der Waals surface area contributed by atoms with Gasteiger partial charge in [-0.15, -0.1) is 0 Å². The third-order valence-electron chi connectivity index (χ3n) is 1.88. The van der Waals surface area contributed by atoms with Crippen LogP contribution in [0.2, 0.25) is 0 Å². The Labute approximate surface area is 68.3 Å². The van der Waals surface area contributed by atoms with E-state index in [2.05, 4.69) is 19.1 Å². The van der Waals surface area contributed by atoms with E-state index in [9.17, 15) is 0 Å². The maximum atomic E-state index is 5.77. The summed E-state index contributed by atoms with van der Waals surface area (Å²) in [6, 6.07) is 0. The van der Waals surface area contributed by atoms with E-state index >= 15 is 0 Å². The molecule has 11 heavy (non-hydrogen) atoms. The predicted molar refractivity (Wildman–Crippen MR) is 48.9 cm³/mol. The Balaban J connectivity index is 2.81. The van der Waals surface area contributed by atoms with Crippen molar-refractivity contribution >= 4 is 0 Å². The first-order valence-electron chi connectivity index (χ1n) is 4.03. The van der Waals surface area contributed by atoms with Crippen molar-refractivity contribution in [3.63, 3.8) is 0 Å². The first-order chi connectivity index (χ1) is 5.24. The second-order valence-corrected chi connectivity index (χ2v) is 3.02. The monoisotopic (exact) mass is 149 g/mol. The molecule has 0 aromatic heterocycles. The van der Waals surface area contributed by atoms with Crippen molar-refractivity contribution in [3.05, 3.63) is 35.6 Å². The Hall–Kier alpha value is -0.980. The normalized spacial score (nSPS) is 25.1. The molecule has 0 saturated heterocycles. The van der Waals surface area contributed by atoms with E-state index in [1.165, 1.54) is 5.57 Å². The first kappa shape index (κ1) is 8.12. The van der Waals surface area contributed by atoms with E-state index in [4.69, 9.17) is 5.73 Å². The zero-order chi connectivity index (χ0) is 8.27. The molecule has 0 heterocycles. The summed E-state index contributed by atoms with van der Waals surface area (Å²) < 4.78 is 0. The van der Waals surface area contributed by atoms with E-state index < -0.39 is 0 Å². The fraction of sp³-hybridized carbons (Fsp3) is 0.400. The smallest absolute Gasteiger partial charge is 0.0343 e. The molecule has 0 fully saturated rings. The molecule has 1 aliphatic carbocycles. The quantitative estimate of drug-likeness (QED) is 0.608. The molecule has 0 bridgehead atoms. The standard InChI is InChI=1S/C10H15N/c1-3-4-9-7-8(2)5-6-10(9)11/h3-6,8H,7,11H2,1-2H3/b4-3-. The van der Waals surface area contributed by atoms with Crippen molar-refractivity contribution in [3.8, 4) is 0 Å². The minimum absolute atomic E-state index is 0.633. The molecule has 1 aliphatic rings. The topological polar surface area (TPSA) is 26.0 Å². The Morgan fingerprint density at radius 2 is 2.36 bits per heavy atom. The predicted octanol–water partition coefficient (Wildman–Crippen LogP) is 2.37. The van der Waals surface area contributed by atoms with Gasteiger partial charge < -0.3 is 5.73 Å². The molecule has 60 valence electrons. The van der Waals surface area contributed by atoms with Crippen LogP contribution in [0.25, 0.3) is 0 Å². The SMILES string of the molecule is C/C=C\C1=C(N)C=CC(C)C1. The van der Waals surface area contributed by atoms with Crippen LogP contribution < -0.4 is 5.73 Å². The third-order valence-corrected chi connectivity index (χ3v) is 1.88. The summed E-state index contributed by atoms with van der Waals surface area (Å²) in [6.07, 6.45) is 9.36. The van der Waals surface area contributed by atoms with Crippen LogP contribution in [0.5, 0.6) is 0 Å². The summed E-state index contributed by atoms with van der Waals surface area (Å²) >= 11 is 0. The Morgan fingerprint density at radius 1 is 1.64 bits per heavy atom. The van der Waals surface area contributed by atoms with Crippen LogP contribution in [0.3, 0.4) is 0 Å². The average molecular weight is 149 g/mol. The van der Waals surface area contributed by atoms with Crippen molar-refractivity contribution in [1.82, 2.24) is 0 Å². The van der Waals surface area contributed by atoms with Gasteiger partial charge in [-0.1, -0.05) is 25.2 Å². The second kappa shape index (κ2) is 3.42. The first-order valence-corrected chi connectivity index (χ1v) is 4.03. The molecule has 0 aromatic carbocycles. The Bertz CT molecular complexity index is 221. The molecule has 0 saturated carbocycles. The zero-order valence-electron chi connectivity index (χ0n) is 7.17. The van der Waals surface area contributed by atoms with Gasteiger partial charge in [0.2, 0.25) is 0 Å². The largest absolute Gasteiger partial charge is 0.399 e.